The van der Waals surface area contributed by atoms with Crippen LogP contribution < -0.4 is 0 Å². The van der Waals surface area contributed by atoms with Crippen molar-refractivity contribution in [3.8, 4) is 0 Å². The van der Waals surface area contributed by atoms with Crippen LogP contribution in [0.5, 0.6) is 0 Å². The van der Waals surface area contributed by atoms with Crippen LogP contribution in [-0.2, 0) is 0 Å². The molecule has 1 N–H and O–H groups in total. The monoisotopic (exact) mass is 312 g/mol. The molecule has 2 saturated carbocycles. The van der Waals surface area contributed by atoms with E-state index >= 15 is 0 Å². The number of benzene rings is 1. The summed E-state index contributed by atoms with van der Waals surface area (Å²) < 4.78 is 0. The van der Waals surface area contributed by atoms with Crippen molar-refractivity contribution >= 4 is 23.2 Å². The van der Waals surface area contributed by atoms with Crippen LogP contribution in [0.1, 0.15) is 56.6 Å². The van der Waals surface area contributed by atoms with Gasteiger partial charge in [-0.25, -0.2) is 0 Å². The maximum Gasteiger partial charge on any atom is 0.0833 e. The zero-order valence-electron chi connectivity index (χ0n) is 11.7. The standard InChI is InChI=1S/C17H22Cl2O/c18-15-7-3-6-14(16(15)19)17(20)13-9-8-11-4-1-2-5-12(11)10-13/h3,6-7,11-13,17,20H,1-2,4-5,8-10H2. The van der Waals surface area contributed by atoms with Crippen LogP contribution in [0.15, 0.2) is 18.2 Å². The van der Waals surface area contributed by atoms with Gasteiger partial charge in [-0.2, -0.15) is 0 Å². The van der Waals surface area contributed by atoms with E-state index in [1.54, 1.807) is 6.07 Å². The predicted molar refractivity (Wildman–Crippen MR) is 84.2 cm³/mol. The molecule has 3 heteroatoms. The summed E-state index contributed by atoms with van der Waals surface area (Å²) in [6.07, 6.45) is 8.56. The number of rotatable bonds is 2. The lowest BCUT2D eigenvalue weighted by Crippen LogP contribution is -2.30. The first-order valence-electron chi connectivity index (χ1n) is 7.79. The fourth-order valence-electron chi connectivity index (χ4n) is 4.20. The van der Waals surface area contributed by atoms with Gasteiger partial charge in [0.15, 0.2) is 0 Å². The molecule has 0 saturated heterocycles. The Morgan fingerprint density at radius 3 is 2.55 bits per heavy atom. The number of halogens is 2. The van der Waals surface area contributed by atoms with Crippen molar-refractivity contribution in [3.63, 3.8) is 0 Å². The number of aliphatic hydroxyl groups excluding tert-OH is 1. The smallest absolute Gasteiger partial charge is 0.0833 e. The second kappa shape index (κ2) is 6.25. The zero-order chi connectivity index (χ0) is 14.1. The van der Waals surface area contributed by atoms with Crippen LogP contribution in [-0.4, -0.2) is 5.11 Å². The Hall–Kier alpha value is -0.240. The predicted octanol–water partition coefficient (Wildman–Crippen LogP) is 5.63. The molecule has 110 valence electrons. The average molecular weight is 313 g/mol. The Kier molecular flexibility index (Phi) is 4.59. The van der Waals surface area contributed by atoms with Gasteiger partial charge in [0.2, 0.25) is 0 Å². The second-order valence-electron chi connectivity index (χ2n) is 6.47. The summed E-state index contributed by atoms with van der Waals surface area (Å²) in [5.41, 5.74) is 0.804. The highest BCUT2D eigenvalue weighted by Gasteiger charge is 2.35. The van der Waals surface area contributed by atoms with Crippen LogP contribution in [0.25, 0.3) is 0 Å². The number of hydrogen-bond acceptors (Lipinski definition) is 1. The summed E-state index contributed by atoms with van der Waals surface area (Å²) in [6, 6.07) is 5.56. The Morgan fingerprint density at radius 1 is 1.00 bits per heavy atom. The van der Waals surface area contributed by atoms with Crippen LogP contribution in [0.2, 0.25) is 10.0 Å². The molecule has 0 aliphatic heterocycles. The van der Waals surface area contributed by atoms with Gasteiger partial charge in [-0.3, -0.25) is 0 Å². The molecule has 0 amide bonds. The molecular weight excluding hydrogens is 291 g/mol. The van der Waals surface area contributed by atoms with Gasteiger partial charge >= 0.3 is 0 Å². The zero-order valence-corrected chi connectivity index (χ0v) is 13.2. The summed E-state index contributed by atoms with van der Waals surface area (Å²) in [4.78, 5) is 0. The van der Waals surface area contributed by atoms with Gasteiger partial charge in [0, 0.05) is 5.56 Å². The quantitative estimate of drug-likeness (QED) is 0.750. The van der Waals surface area contributed by atoms with Gasteiger partial charge in [0.25, 0.3) is 0 Å². The van der Waals surface area contributed by atoms with Crippen molar-refractivity contribution in [1.82, 2.24) is 0 Å². The van der Waals surface area contributed by atoms with Crippen molar-refractivity contribution < 1.29 is 5.11 Å². The Balaban J connectivity index is 1.74. The maximum atomic E-state index is 10.7. The molecule has 4 atom stereocenters. The molecule has 1 nitrogen and oxygen atoms in total. The minimum absolute atomic E-state index is 0.338. The minimum Gasteiger partial charge on any atom is -0.388 e. The molecular formula is C17H22Cl2O. The molecule has 1 aromatic carbocycles. The van der Waals surface area contributed by atoms with E-state index in [2.05, 4.69) is 0 Å². The van der Waals surface area contributed by atoms with E-state index in [4.69, 9.17) is 23.2 Å². The van der Waals surface area contributed by atoms with Crippen LogP contribution in [0, 0.1) is 17.8 Å². The van der Waals surface area contributed by atoms with Gasteiger partial charge < -0.3 is 5.11 Å². The van der Waals surface area contributed by atoms with Crippen LogP contribution in [0.3, 0.4) is 0 Å². The van der Waals surface area contributed by atoms with Crippen molar-refractivity contribution in [2.24, 2.45) is 17.8 Å². The van der Waals surface area contributed by atoms with Crippen LogP contribution in [0.4, 0.5) is 0 Å². The molecule has 0 heterocycles. The first-order valence-corrected chi connectivity index (χ1v) is 8.54. The third kappa shape index (κ3) is 2.86. The van der Waals surface area contributed by atoms with Gasteiger partial charge in [0.05, 0.1) is 16.1 Å². The van der Waals surface area contributed by atoms with Crippen LogP contribution >= 0.6 is 23.2 Å². The largest absolute Gasteiger partial charge is 0.388 e. The first-order chi connectivity index (χ1) is 9.66. The third-order valence-corrected chi connectivity index (χ3v) is 6.16. The second-order valence-corrected chi connectivity index (χ2v) is 7.25. The number of aliphatic hydroxyl groups is 1. The topological polar surface area (TPSA) is 20.2 Å². The molecule has 0 radical (unpaired) electrons. The summed E-state index contributed by atoms with van der Waals surface area (Å²) in [5.74, 6) is 2.06. The van der Waals surface area contributed by atoms with E-state index in [1.165, 1.54) is 32.1 Å². The van der Waals surface area contributed by atoms with E-state index in [-0.39, 0.29) is 0 Å². The fraction of sp³-hybridized carbons (Fsp3) is 0.647. The van der Waals surface area contributed by atoms with Crippen molar-refractivity contribution in [2.45, 2.75) is 51.0 Å². The number of fused-ring (bicyclic) bond motifs is 1. The lowest BCUT2D eigenvalue weighted by atomic mass is 9.66. The molecule has 1 aromatic rings. The molecule has 2 fully saturated rings. The van der Waals surface area contributed by atoms with E-state index in [0.717, 1.165) is 30.2 Å². The summed E-state index contributed by atoms with van der Waals surface area (Å²) >= 11 is 12.3. The lowest BCUT2D eigenvalue weighted by Gasteiger charge is -2.41. The molecule has 2 aliphatic rings. The van der Waals surface area contributed by atoms with E-state index in [9.17, 15) is 5.11 Å². The summed E-state index contributed by atoms with van der Waals surface area (Å²) in [5, 5.41) is 11.8. The van der Waals surface area contributed by atoms with Gasteiger partial charge in [-0.05, 0) is 43.1 Å². The lowest BCUT2D eigenvalue weighted by molar-refractivity contribution is 0.0350. The van der Waals surface area contributed by atoms with Crippen molar-refractivity contribution in [1.29, 1.82) is 0 Å². The first kappa shape index (κ1) is 14.7. The fourth-order valence-corrected chi connectivity index (χ4v) is 4.62. The SMILES string of the molecule is OC(c1cccc(Cl)c1Cl)C1CCC2CCCCC2C1. The molecule has 3 rings (SSSR count). The molecule has 0 aromatic heterocycles. The highest BCUT2D eigenvalue weighted by atomic mass is 35.5. The van der Waals surface area contributed by atoms with Crippen molar-refractivity contribution in [2.75, 3.05) is 0 Å². The summed E-state index contributed by atoms with van der Waals surface area (Å²) in [7, 11) is 0. The molecule has 20 heavy (non-hydrogen) atoms. The molecule has 2 aliphatic carbocycles. The van der Waals surface area contributed by atoms with Crippen molar-refractivity contribution in [3.05, 3.63) is 33.8 Å². The molecule has 0 spiro atoms. The Morgan fingerprint density at radius 2 is 1.75 bits per heavy atom. The van der Waals surface area contributed by atoms with E-state index in [0.29, 0.717) is 16.0 Å². The molecule has 0 bridgehead atoms. The van der Waals surface area contributed by atoms with Gasteiger partial charge in [-0.15, -0.1) is 0 Å². The highest BCUT2D eigenvalue weighted by Crippen LogP contribution is 2.47. The average Bonchev–Trinajstić information content (AvgIpc) is 2.49. The summed E-state index contributed by atoms with van der Waals surface area (Å²) in [6.45, 7) is 0. The minimum atomic E-state index is -0.468. The van der Waals surface area contributed by atoms with Gasteiger partial charge in [-0.1, -0.05) is 61.0 Å². The third-order valence-electron chi connectivity index (χ3n) is 5.33. The molecule has 4 unspecified atom stereocenters. The van der Waals surface area contributed by atoms with E-state index in [1.807, 2.05) is 12.1 Å². The normalized spacial score (nSPS) is 31.6. The Labute approximate surface area is 131 Å². The maximum absolute atomic E-state index is 10.7. The Bertz CT molecular complexity index is 474. The van der Waals surface area contributed by atoms with Gasteiger partial charge in [0.1, 0.15) is 0 Å². The highest BCUT2D eigenvalue weighted by molar-refractivity contribution is 6.42. The van der Waals surface area contributed by atoms with E-state index < -0.39 is 6.10 Å². The number of hydrogen-bond donors (Lipinski definition) is 1.